The van der Waals surface area contributed by atoms with Crippen molar-refractivity contribution in [1.29, 1.82) is 0 Å². The topological polar surface area (TPSA) is 9.23 Å². The van der Waals surface area contributed by atoms with Gasteiger partial charge in [0.25, 0.3) is 0 Å². The van der Waals surface area contributed by atoms with E-state index in [4.69, 9.17) is 4.74 Å². The van der Waals surface area contributed by atoms with Crippen molar-refractivity contribution in [2.75, 3.05) is 6.61 Å². The number of rotatable bonds is 4. The summed E-state index contributed by atoms with van der Waals surface area (Å²) in [6.07, 6.45) is 10.5. The van der Waals surface area contributed by atoms with Crippen molar-refractivity contribution in [3.05, 3.63) is 47.3 Å². The molecule has 0 N–H and O–H groups in total. The fraction of sp³-hybridized carbons (Fsp3) is 0.600. The molecule has 24 heavy (non-hydrogen) atoms. The van der Waals surface area contributed by atoms with Crippen LogP contribution in [0.25, 0.3) is 0 Å². The maximum absolute atomic E-state index is 13.5. The van der Waals surface area contributed by atoms with Crippen molar-refractivity contribution in [2.24, 2.45) is 11.8 Å². The summed E-state index contributed by atoms with van der Waals surface area (Å²) >= 11 is 0. The Labute approximate surface area is 141 Å². The molecule has 0 aromatic heterocycles. The Morgan fingerprint density at radius 1 is 1.00 bits per heavy atom. The average Bonchev–Trinajstić information content (AvgIpc) is 2.59. The van der Waals surface area contributed by atoms with Gasteiger partial charge in [-0.15, -0.1) is 0 Å². The van der Waals surface area contributed by atoms with Crippen molar-refractivity contribution in [2.45, 2.75) is 57.5 Å². The number of ether oxygens (including phenoxy) is 1. The second-order valence-electron chi connectivity index (χ2n) is 7.17. The van der Waals surface area contributed by atoms with Crippen molar-refractivity contribution >= 4 is 0 Å². The van der Waals surface area contributed by atoms with Gasteiger partial charge in [-0.2, -0.15) is 0 Å². The van der Waals surface area contributed by atoms with Crippen LogP contribution in [0, 0.1) is 29.3 Å². The van der Waals surface area contributed by atoms with Gasteiger partial charge >= 0.3 is 0 Å². The van der Waals surface area contributed by atoms with Gasteiger partial charge in [-0.25, -0.2) is 13.2 Å². The zero-order valence-corrected chi connectivity index (χ0v) is 14.1. The van der Waals surface area contributed by atoms with Crippen LogP contribution in [0.5, 0.6) is 0 Å². The van der Waals surface area contributed by atoms with E-state index in [1.54, 1.807) is 0 Å². The predicted octanol–water partition coefficient (Wildman–Crippen LogP) is 5.75. The second-order valence-corrected chi connectivity index (χ2v) is 7.17. The maximum atomic E-state index is 13.5. The van der Waals surface area contributed by atoms with Crippen LogP contribution in [-0.4, -0.2) is 12.7 Å². The van der Waals surface area contributed by atoms with Crippen LogP contribution in [0.4, 0.5) is 13.2 Å². The number of hydrogen-bond donors (Lipinski definition) is 0. The summed E-state index contributed by atoms with van der Waals surface area (Å²) in [5.41, 5.74) is 0.608. The van der Waals surface area contributed by atoms with Gasteiger partial charge in [0.05, 0.1) is 12.7 Å². The summed E-state index contributed by atoms with van der Waals surface area (Å²) in [6.45, 7) is 2.66. The van der Waals surface area contributed by atoms with Gasteiger partial charge in [-0.1, -0.05) is 12.2 Å². The molecule has 0 saturated heterocycles. The first-order valence-corrected chi connectivity index (χ1v) is 8.95. The molecule has 132 valence electrons. The average molecular weight is 338 g/mol. The fourth-order valence-electron chi connectivity index (χ4n) is 4.40. The molecular weight excluding hydrogens is 313 g/mol. The van der Waals surface area contributed by atoms with Gasteiger partial charge < -0.3 is 4.74 Å². The van der Waals surface area contributed by atoms with Gasteiger partial charge in [0.2, 0.25) is 0 Å². The largest absolute Gasteiger partial charge is 0.374 e. The highest BCUT2D eigenvalue weighted by Crippen LogP contribution is 2.46. The van der Waals surface area contributed by atoms with Crippen LogP contribution in [0.1, 0.15) is 56.9 Å². The normalized spacial score (nSPS) is 30.5. The van der Waals surface area contributed by atoms with Gasteiger partial charge in [-0.05, 0) is 80.9 Å². The van der Waals surface area contributed by atoms with E-state index in [2.05, 4.69) is 0 Å². The van der Waals surface area contributed by atoms with Crippen LogP contribution < -0.4 is 0 Å². The minimum absolute atomic E-state index is 0.136. The zero-order chi connectivity index (χ0) is 17.1. The molecular formula is C20H25F3O. The molecule has 2 saturated carbocycles. The van der Waals surface area contributed by atoms with Crippen LogP contribution in [0.3, 0.4) is 0 Å². The fourth-order valence-corrected chi connectivity index (χ4v) is 4.40. The van der Waals surface area contributed by atoms with Crippen LogP contribution in [0.15, 0.2) is 24.3 Å². The highest BCUT2D eigenvalue weighted by atomic mass is 19.2. The SMILES string of the molecule is C/C=C/COC1CCC2CC(c3cc(F)c(F)c(F)c3)CCC2C1. The summed E-state index contributed by atoms with van der Waals surface area (Å²) < 4.78 is 46.0. The molecule has 4 unspecified atom stereocenters. The van der Waals surface area contributed by atoms with Crippen LogP contribution >= 0.6 is 0 Å². The molecule has 2 fully saturated rings. The Kier molecular flexibility index (Phi) is 5.65. The quantitative estimate of drug-likeness (QED) is 0.502. The predicted molar refractivity (Wildman–Crippen MR) is 88.3 cm³/mol. The third kappa shape index (κ3) is 3.85. The molecule has 0 heterocycles. The summed E-state index contributed by atoms with van der Waals surface area (Å²) in [5.74, 6) is -2.16. The van der Waals surface area contributed by atoms with Crippen LogP contribution in [-0.2, 0) is 4.74 Å². The minimum Gasteiger partial charge on any atom is -0.374 e. The molecule has 1 aromatic rings. The smallest absolute Gasteiger partial charge is 0.194 e. The molecule has 1 nitrogen and oxygen atoms in total. The van der Waals surface area contributed by atoms with E-state index in [0.717, 1.165) is 38.5 Å². The van der Waals surface area contributed by atoms with Gasteiger partial charge in [-0.3, -0.25) is 0 Å². The van der Waals surface area contributed by atoms with E-state index in [1.165, 1.54) is 12.1 Å². The molecule has 2 aliphatic carbocycles. The summed E-state index contributed by atoms with van der Waals surface area (Å²) in [5, 5.41) is 0. The Balaban J connectivity index is 1.60. The van der Waals surface area contributed by atoms with E-state index in [1.807, 2.05) is 19.1 Å². The van der Waals surface area contributed by atoms with E-state index < -0.39 is 17.5 Å². The van der Waals surface area contributed by atoms with E-state index >= 15 is 0 Å². The minimum atomic E-state index is -1.37. The molecule has 2 aliphatic rings. The number of allylic oxidation sites excluding steroid dienone is 1. The van der Waals surface area contributed by atoms with E-state index in [-0.39, 0.29) is 5.92 Å². The van der Waals surface area contributed by atoms with Gasteiger partial charge in [0, 0.05) is 0 Å². The highest BCUT2D eigenvalue weighted by Gasteiger charge is 2.36. The van der Waals surface area contributed by atoms with Crippen molar-refractivity contribution < 1.29 is 17.9 Å². The molecule has 1 aromatic carbocycles. The number of benzene rings is 1. The summed E-state index contributed by atoms with van der Waals surface area (Å²) in [7, 11) is 0. The third-order valence-electron chi connectivity index (χ3n) is 5.71. The lowest BCUT2D eigenvalue weighted by Crippen LogP contribution is -2.33. The summed E-state index contributed by atoms with van der Waals surface area (Å²) in [6, 6.07) is 2.35. The third-order valence-corrected chi connectivity index (χ3v) is 5.71. The van der Waals surface area contributed by atoms with Crippen molar-refractivity contribution in [1.82, 2.24) is 0 Å². The monoisotopic (exact) mass is 338 g/mol. The molecule has 0 spiro atoms. The molecule has 4 heteroatoms. The lowest BCUT2D eigenvalue weighted by molar-refractivity contribution is -0.00322. The Morgan fingerprint density at radius 3 is 2.38 bits per heavy atom. The second kappa shape index (κ2) is 7.73. The molecule has 3 rings (SSSR count). The Bertz CT molecular complexity index is 576. The Hall–Kier alpha value is -1.29. The van der Waals surface area contributed by atoms with E-state index in [9.17, 15) is 13.2 Å². The lowest BCUT2D eigenvalue weighted by Gasteiger charge is -2.42. The first-order valence-electron chi connectivity index (χ1n) is 8.95. The lowest BCUT2D eigenvalue weighted by atomic mass is 9.65. The number of fused-ring (bicyclic) bond motifs is 1. The first kappa shape index (κ1) is 17.5. The number of halogens is 3. The van der Waals surface area contributed by atoms with Gasteiger partial charge in [0.15, 0.2) is 17.5 Å². The van der Waals surface area contributed by atoms with Crippen molar-refractivity contribution in [3.8, 4) is 0 Å². The maximum Gasteiger partial charge on any atom is 0.194 e. The number of hydrogen-bond acceptors (Lipinski definition) is 1. The first-order chi connectivity index (χ1) is 11.6. The van der Waals surface area contributed by atoms with Crippen molar-refractivity contribution in [3.63, 3.8) is 0 Å². The zero-order valence-electron chi connectivity index (χ0n) is 14.1. The van der Waals surface area contributed by atoms with E-state index in [0.29, 0.717) is 30.1 Å². The van der Waals surface area contributed by atoms with Gasteiger partial charge in [0.1, 0.15) is 0 Å². The molecule has 0 amide bonds. The molecule has 0 radical (unpaired) electrons. The Morgan fingerprint density at radius 2 is 1.67 bits per heavy atom. The molecule has 0 bridgehead atoms. The molecule has 4 atom stereocenters. The standard InChI is InChI=1S/C20H25F3O/c1-2-3-8-24-17-7-6-13-9-14(4-5-15(13)10-17)16-11-18(21)20(23)19(22)12-16/h2-3,11-15,17H,4-10H2,1H3/b3-2+. The highest BCUT2D eigenvalue weighted by molar-refractivity contribution is 5.24. The van der Waals surface area contributed by atoms with Crippen LogP contribution in [0.2, 0.25) is 0 Å². The summed E-state index contributed by atoms with van der Waals surface area (Å²) in [4.78, 5) is 0. The molecule has 0 aliphatic heterocycles.